The highest BCUT2D eigenvalue weighted by molar-refractivity contribution is 7.91. The zero-order valence-corrected chi connectivity index (χ0v) is 11.7. The topological polar surface area (TPSA) is 101 Å². The molecule has 1 aliphatic rings. The summed E-state index contributed by atoms with van der Waals surface area (Å²) in [6.07, 6.45) is 0.919. The molecule has 0 aromatic heterocycles. The standard InChI is InChI=1S/C11H15NO5S2/c13-10-5-1-2-6-11(10)19(16,17)12-9-4-3-7-18(14,15)8-9/h1-2,5-6,9,12-13H,3-4,7-8H2. The first-order chi connectivity index (χ1) is 8.80. The number of phenolic OH excluding ortho intramolecular Hbond substituents is 1. The third-order valence-corrected chi connectivity index (χ3v) is 6.33. The number of rotatable bonds is 3. The van der Waals surface area contributed by atoms with Crippen LogP contribution < -0.4 is 4.72 Å². The van der Waals surface area contributed by atoms with Gasteiger partial charge in [-0.3, -0.25) is 0 Å². The second-order valence-electron chi connectivity index (χ2n) is 4.54. The molecule has 2 rings (SSSR count). The van der Waals surface area contributed by atoms with Gasteiger partial charge in [0.1, 0.15) is 10.6 Å². The van der Waals surface area contributed by atoms with Crippen LogP contribution in [0.2, 0.25) is 0 Å². The quantitative estimate of drug-likeness (QED) is 0.833. The van der Waals surface area contributed by atoms with Crippen LogP contribution in [-0.4, -0.2) is 39.5 Å². The zero-order valence-electron chi connectivity index (χ0n) is 10.1. The van der Waals surface area contributed by atoms with Crippen molar-refractivity contribution < 1.29 is 21.9 Å². The average molecular weight is 305 g/mol. The molecule has 1 fully saturated rings. The largest absolute Gasteiger partial charge is 0.507 e. The van der Waals surface area contributed by atoms with E-state index in [4.69, 9.17) is 0 Å². The van der Waals surface area contributed by atoms with Gasteiger partial charge in [0, 0.05) is 6.04 Å². The van der Waals surface area contributed by atoms with Crippen LogP contribution in [0.3, 0.4) is 0 Å². The van der Waals surface area contributed by atoms with Gasteiger partial charge in [-0.2, -0.15) is 0 Å². The third kappa shape index (κ3) is 3.46. The van der Waals surface area contributed by atoms with Crippen molar-refractivity contribution in [3.8, 4) is 5.75 Å². The minimum atomic E-state index is -3.91. The molecule has 1 aliphatic heterocycles. The Bertz CT molecular complexity index is 666. The first-order valence-corrected chi connectivity index (χ1v) is 9.11. The summed E-state index contributed by atoms with van der Waals surface area (Å²) in [5.41, 5.74) is 0. The van der Waals surface area contributed by atoms with E-state index in [1.54, 1.807) is 0 Å². The smallest absolute Gasteiger partial charge is 0.244 e. The van der Waals surface area contributed by atoms with Crippen LogP contribution in [-0.2, 0) is 19.9 Å². The van der Waals surface area contributed by atoms with Gasteiger partial charge in [0.15, 0.2) is 9.84 Å². The Morgan fingerprint density at radius 1 is 1.26 bits per heavy atom. The fraction of sp³-hybridized carbons (Fsp3) is 0.455. The molecule has 6 nitrogen and oxygen atoms in total. The molecule has 1 aromatic carbocycles. The SMILES string of the molecule is O=S1(=O)CCCC(NS(=O)(=O)c2ccccc2O)C1. The monoisotopic (exact) mass is 305 g/mol. The van der Waals surface area contributed by atoms with Gasteiger partial charge in [-0.05, 0) is 25.0 Å². The molecular formula is C11H15NO5S2. The molecule has 0 amide bonds. The van der Waals surface area contributed by atoms with Crippen LogP contribution >= 0.6 is 0 Å². The van der Waals surface area contributed by atoms with Crippen molar-refractivity contribution in [2.45, 2.75) is 23.8 Å². The molecule has 1 aromatic rings. The van der Waals surface area contributed by atoms with E-state index in [-0.39, 0.29) is 22.2 Å². The van der Waals surface area contributed by atoms with E-state index in [0.717, 1.165) is 0 Å². The van der Waals surface area contributed by atoms with Crippen molar-refractivity contribution in [1.29, 1.82) is 0 Å². The lowest BCUT2D eigenvalue weighted by atomic mass is 10.2. The van der Waals surface area contributed by atoms with Gasteiger partial charge >= 0.3 is 0 Å². The molecule has 19 heavy (non-hydrogen) atoms. The van der Waals surface area contributed by atoms with Crippen LogP contribution in [0.4, 0.5) is 0 Å². The van der Waals surface area contributed by atoms with Crippen molar-refractivity contribution in [2.75, 3.05) is 11.5 Å². The highest BCUT2D eigenvalue weighted by atomic mass is 32.2. The number of benzene rings is 1. The summed E-state index contributed by atoms with van der Waals surface area (Å²) in [7, 11) is -7.09. The van der Waals surface area contributed by atoms with Crippen molar-refractivity contribution in [1.82, 2.24) is 4.72 Å². The number of hydrogen-bond donors (Lipinski definition) is 2. The van der Waals surface area contributed by atoms with E-state index in [0.29, 0.717) is 12.8 Å². The number of aromatic hydroxyl groups is 1. The molecule has 0 aliphatic carbocycles. The molecule has 2 N–H and O–H groups in total. The Hall–Kier alpha value is -1.12. The van der Waals surface area contributed by atoms with Gasteiger partial charge in [0.25, 0.3) is 0 Å². The molecule has 1 unspecified atom stereocenters. The van der Waals surface area contributed by atoms with E-state index in [1.807, 2.05) is 0 Å². The normalized spacial score (nSPS) is 23.1. The summed E-state index contributed by atoms with van der Waals surface area (Å²) in [6.45, 7) is 0. The van der Waals surface area contributed by atoms with Gasteiger partial charge in [-0.25, -0.2) is 21.6 Å². The molecule has 0 radical (unpaired) electrons. The first-order valence-electron chi connectivity index (χ1n) is 5.81. The molecule has 0 bridgehead atoms. The van der Waals surface area contributed by atoms with E-state index in [2.05, 4.69) is 4.72 Å². The fourth-order valence-corrected chi connectivity index (χ4v) is 5.19. The number of para-hydroxylation sites is 1. The van der Waals surface area contributed by atoms with Crippen LogP contribution in [0.25, 0.3) is 0 Å². The summed E-state index contributed by atoms with van der Waals surface area (Å²) < 4.78 is 49.4. The second-order valence-corrected chi connectivity index (χ2v) is 8.45. The Labute approximate surface area is 112 Å². The number of phenols is 1. The van der Waals surface area contributed by atoms with Gasteiger partial charge in [0.2, 0.25) is 10.0 Å². The number of sulfonamides is 1. The van der Waals surface area contributed by atoms with Crippen LogP contribution in [0.15, 0.2) is 29.2 Å². The van der Waals surface area contributed by atoms with Crippen molar-refractivity contribution in [3.63, 3.8) is 0 Å². The van der Waals surface area contributed by atoms with Crippen LogP contribution in [0.1, 0.15) is 12.8 Å². The molecule has 106 valence electrons. The van der Waals surface area contributed by atoms with E-state index in [1.165, 1.54) is 24.3 Å². The van der Waals surface area contributed by atoms with Crippen molar-refractivity contribution >= 4 is 19.9 Å². The lowest BCUT2D eigenvalue weighted by Crippen LogP contribution is -2.43. The molecule has 1 atom stereocenters. The van der Waals surface area contributed by atoms with E-state index in [9.17, 15) is 21.9 Å². The molecule has 1 saturated heterocycles. The first kappa shape index (κ1) is 14.3. The maximum absolute atomic E-state index is 12.1. The lowest BCUT2D eigenvalue weighted by Gasteiger charge is -2.22. The highest BCUT2D eigenvalue weighted by Gasteiger charge is 2.29. The summed E-state index contributed by atoms with van der Waals surface area (Å²) in [5, 5.41) is 9.54. The molecule has 1 heterocycles. The molecule has 0 saturated carbocycles. The molecular weight excluding hydrogens is 290 g/mol. The van der Waals surface area contributed by atoms with Gasteiger partial charge in [0.05, 0.1) is 11.5 Å². The maximum atomic E-state index is 12.1. The van der Waals surface area contributed by atoms with Crippen molar-refractivity contribution in [2.24, 2.45) is 0 Å². The number of sulfone groups is 1. The van der Waals surface area contributed by atoms with Gasteiger partial charge in [-0.1, -0.05) is 12.1 Å². The Morgan fingerprint density at radius 3 is 2.58 bits per heavy atom. The van der Waals surface area contributed by atoms with Crippen molar-refractivity contribution in [3.05, 3.63) is 24.3 Å². The molecule has 8 heteroatoms. The minimum absolute atomic E-state index is 0.0990. The summed E-state index contributed by atoms with van der Waals surface area (Å²) in [5.74, 6) is -0.449. The van der Waals surface area contributed by atoms with Gasteiger partial charge < -0.3 is 5.11 Å². The fourth-order valence-electron chi connectivity index (χ4n) is 2.08. The van der Waals surface area contributed by atoms with E-state index < -0.39 is 25.9 Å². The number of nitrogens with one attached hydrogen (secondary N) is 1. The highest BCUT2D eigenvalue weighted by Crippen LogP contribution is 2.22. The lowest BCUT2D eigenvalue weighted by molar-refractivity contribution is 0.456. The predicted molar refractivity (Wildman–Crippen MR) is 70.1 cm³/mol. The van der Waals surface area contributed by atoms with E-state index >= 15 is 0 Å². The third-order valence-electron chi connectivity index (χ3n) is 2.94. The predicted octanol–water partition coefficient (Wildman–Crippen LogP) is 0.248. The molecule has 0 spiro atoms. The Kier molecular flexibility index (Phi) is 3.84. The summed E-state index contributed by atoms with van der Waals surface area (Å²) in [6, 6.07) is 4.91. The maximum Gasteiger partial charge on any atom is 0.244 e. The summed E-state index contributed by atoms with van der Waals surface area (Å²) >= 11 is 0. The Balaban J connectivity index is 2.21. The summed E-state index contributed by atoms with van der Waals surface area (Å²) in [4.78, 5) is -0.238. The number of hydrogen-bond acceptors (Lipinski definition) is 5. The second kappa shape index (κ2) is 5.10. The van der Waals surface area contributed by atoms with Crippen LogP contribution in [0, 0.1) is 0 Å². The zero-order chi connectivity index (χ0) is 14.1. The minimum Gasteiger partial charge on any atom is -0.507 e. The van der Waals surface area contributed by atoms with Crippen LogP contribution in [0.5, 0.6) is 5.75 Å². The van der Waals surface area contributed by atoms with Gasteiger partial charge in [-0.15, -0.1) is 0 Å². The average Bonchev–Trinajstić information content (AvgIpc) is 2.27. The Morgan fingerprint density at radius 2 is 1.95 bits per heavy atom.